The number of carboxylic acid groups (broad SMARTS) is 1. The molecule has 37 heavy (non-hydrogen) atoms. The molecule has 2 amide bonds. The van der Waals surface area contributed by atoms with Gasteiger partial charge in [0.2, 0.25) is 15.9 Å². The van der Waals surface area contributed by atoms with E-state index >= 15 is 0 Å². The van der Waals surface area contributed by atoms with Gasteiger partial charge in [-0.05, 0) is 42.7 Å². The number of nitrogens with zero attached hydrogens (tertiary/aromatic N) is 2. The maximum Gasteiger partial charge on any atom is 0.408 e. The molecule has 2 N–H and O–H groups in total. The quantitative estimate of drug-likeness (QED) is 0.472. The molecule has 200 valence electrons. The lowest BCUT2D eigenvalue weighted by atomic mass is 10.1. The number of rotatable bonds is 10. The molecule has 11 nitrogen and oxygen atoms in total. The van der Waals surface area contributed by atoms with E-state index in [2.05, 4.69) is 5.32 Å². The first-order valence-electron chi connectivity index (χ1n) is 11.7. The summed E-state index contributed by atoms with van der Waals surface area (Å²) in [7, 11) is -2.22. The zero-order valence-electron chi connectivity index (χ0n) is 20.8. The molecule has 1 fully saturated rings. The number of carbonyl (C=O) groups excluding carboxylic acids is 2. The molecule has 0 spiro atoms. The number of aryl methyl sites for hydroxylation is 1. The summed E-state index contributed by atoms with van der Waals surface area (Å²) in [6.07, 6.45) is -1.14. The number of methoxy groups -OCH3 is 1. The number of carboxylic acids is 1. The Morgan fingerprint density at radius 1 is 1.05 bits per heavy atom. The number of ether oxygens (including phenoxy) is 2. The maximum absolute atomic E-state index is 13.0. The molecular weight excluding hydrogens is 502 g/mol. The lowest BCUT2D eigenvalue weighted by Gasteiger charge is -2.34. The van der Waals surface area contributed by atoms with E-state index in [0.29, 0.717) is 11.3 Å². The molecule has 0 bridgehead atoms. The summed E-state index contributed by atoms with van der Waals surface area (Å²) in [6, 6.07) is 12.3. The van der Waals surface area contributed by atoms with Crippen molar-refractivity contribution in [2.75, 3.05) is 33.3 Å². The highest BCUT2D eigenvalue weighted by atomic mass is 32.2. The van der Waals surface area contributed by atoms with Gasteiger partial charge < -0.3 is 24.8 Å². The first kappa shape index (κ1) is 27.9. The van der Waals surface area contributed by atoms with Crippen LogP contribution in [-0.2, 0) is 31.0 Å². The van der Waals surface area contributed by atoms with E-state index in [1.54, 1.807) is 43.3 Å². The lowest BCUT2D eigenvalue weighted by molar-refractivity contribution is -0.140. The Kier molecular flexibility index (Phi) is 9.48. The van der Waals surface area contributed by atoms with Crippen LogP contribution in [-0.4, -0.2) is 80.0 Å². The Balaban J connectivity index is 1.48. The summed E-state index contributed by atoms with van der Waals surface area (Å²) < 4.78 is 37.6. The zero-order valence-corrected chi connectivity index (χ0v) is 21.6. The Morgan fingerprint density at radius 2 is 1.73 bits per heavy atom. The van der Waals surface area contributed by atoms with Crippen LogP contribution in [0.4, 0.5) is 4.79 Å². The van der Waals surface area contributed by atoms with Crippen LogP contribution < -0.4 is 10.1 Å². The predicted octanol–water partition coefficient (Wildman–Crippen LogP) is 2.00. The molecule has 3 rings (SSSR count). The average molecular weight is 534 g/mol. The average Bonchev–Trinajstić information content (AvgIpc) is 2.90. The van der Waals surface area contributed by atoms with Gasteiger partial charge in [0.25, 0.3) is 0 Å². The minimum absolute atomic E-state index is 0.0127. The number of hydrogen-bond acceptors (Lipinski definition) is 7. The second kappa shape index (κ2) is 12.5. The highest BCUT2D eigenvalue weighted by Gasteiger charge is 2.31. The first-order valence-corrected chi connectivity index (χ1v) is 13.2. The van der Waals surface area contributed by atoms with E-state index in [0.717, 1.165) is 5.56 Å². The fourth-order valence-corrected chi connectivity index (χ4v) is 5.44. The van der Waals surface area contributed by atoms with Gasteiger partial charge in [0.15, 0.2) is 0 Å². The number of hydrogen-bond donors (Lipinski definition) is 2. The van der Waals surface area contributed by atoms with E-state index in [4.69, 9.17) is 9.47 Å². The minimum Gasteiger partial charge on any atom is -0.496 e. The Labute approximate surface area is 216 Å². The number of amides is 2. The van der Waals surface area contributed by atoms with Crippen LogP contribution in [0, 0.1) is 6.92 Å². The molecule has 12 heteroatoms. The van der Waals surface area contributed by atoms with Crippen molar-refractivity contribution in [2.45, 2.75) is 37.3 Å². The van der Waals surface area contributed by atoms with E-state index < -0.39 is 28.1 Å². The summed E-state index contributed by atoms with van der Waals surface area (Å²) in [6.45, 7) is 2.34. The van der Waals surface area contributed by atoms with Gasteiger partial charge in [-0.1, -0.05) is 30.3 Å². The van der Waals surface area contributed by atoms with Crippen molar-refractivity contribution in [3.8, 4) is 5.75 Å². The van der Waals surface area contributed by atoms with Gasteiger partial charge in [-0.25, -0.2) is 18.0 Å². The molecule has 1 saturated heterocycles. The van der Waals surface area contributed by atoms with Crippen molar-refractivity contribution < 1.29 is 37.4 Å². The molecule has 0 aliphatic carbocycles. The maximum atomic E-state index is 13.0. The predicted molar refractivity (Wildman–Crippen MR) is 133 cm³/mol. The van der Waals surface area contributed by atoms with Gasteiger partial charge in [0.1, 0.15) is 18.4 Å². The standard InChI is InChI=1S/C25H31N3O8S/c1-18-16-20(8-10-22(18)35-2)37(33,34)28-14-12-27(13-15-28)23(29)11-9-21(24(30)31)26-25(32)36-17-19-6-4-3-5-7-19/h3-8,10,16,21H,9,11-15,17H2,1-2H3,(H,26,32)(H,30,31)/t21-/m0/s1. The number of sulfonamides is 1. The van der Waals surface area contributed by atoms with Gasteiger partial charge >= 0.3 is 12.1 Å². The molecule has 2 aromatic rings. The topological polar surface area (TPSA) is 143 Å². The molecule has 1 heterocycles. The number of aliphatic carboxylic acids is 1. The minimum atomic E-state index is -3.73. The van der Waals surface area contributed by atoms with Crippen LogP contribution >= 0.6 is 0 Å². The van der Waals surface area contributed by atoms with E-state index in [-0.39, 0.29) is 56.4 Å². The van der Waals surface area contributed by atoms with Crippen LogP contribution in [0.3, 0.4) is 0 Å². The third-order valence-corrected chi connectivity index (χ3v) is 7.94. The van der Waals surface area contributed by atoms with Crippen LogP contribution in [0.5, 0.6) is 5.75 Å². The lowest BCUT2D eigenvalue weighted by Crippen LogP contribution is -2.50. The Hall–Kier alpha value is -3.64. The SMILES string of the molecule is COc1ccc(S(=O)(=O)N2CCN(C(=O)CC[C@H](NC(=O)OCc3ccccc3)C(=O)O)CC2)cc1C. The number of alkyl carbamates (subject to hydrolysis) is 1. The highest BCUT2D eigenvalue weighted by molar-refractivity contribution is 7.89. The molecule has 1 atom stereocenters. The third kappa shape index (κ3) is 7.43. The normalized spacial score (nSPS) is 15.0. The van der Waals surface area contributed by atoms with Crippen molar-refractivity contribution in [3.05, 3.63) is 59.7 Å². The van der Waals surface area contributed by atoms with Gasteiger partial charge in [-0.2, -0.15) is 4.31 Å². The number of piperazine rings is 1. The van der Waals surface area contributed by atoms with E-state index in [1.807, 2.05) is 6.07 Å². The second-order valence-electron chi connectivity index (χ2n) is 8.55. The zero-order chi connectivity index (χ0) is 27.0. The number of carbonyl (C=O) groups is 3. The van der Waals surface area contributed by atoms with Crippen LogP contribution in [0.2, 0.25) is 0 Å². The van der Waals surface area contributed by atoms with Gasteiger partial charge in [-0.3, -0.25) is 4.79 Å². The molecule has 0 radical (unpaired) electrons. The van der Waals surface area contributed by atoms with Crippen molar-refractivity contribution in [1.29, 1.82) is 0 Å². The smallest absolute Gasteiger partial charge is 0.408 e. The van der Waals surface area contributed by atoms with E-state index in [1.165, 1.54) is 22.4 Å². The molecule has 0 unspecified atom stereocenters. The largest absolute Gasteiger partial charge is 0.496 e. The van der Waals surface area contributed by atoms with Crippen LogP contribution in [0.1, 0.15) is 24.0 Å². The van der Waals surface area contributed by atoms with Gasteiger partial charge in [0.05, 0.1) is 12.0 Å². The summed E-state index contributed by atoms with van der Waals surface area (Å²) in [5.41, 5.74) is 1.45. The van der Waals surface area contributed by atoms with Crippen molar-refractivity contribution >= 4 is 28.0 Å². The van der Waals surface area contributed by atoms with Gasteiger partial charge in [0, 0.05) is 32.6 Å². The fourth-order valence-electron chi connectivity index (χ4n) is 3.93. The molecule has 1 aliphatic rings. The van der Waals surface area contributed by atoms with Crippen LogP contribution in [0.15, 0.2) is 53.4 Å². The fraction of sp³-hybridized carbons (Fsp3) is 0.400. The van der Waals surface area contributed by atoms with Crippen molar-refractivity contribution in [2.24, 2.45) is 0 Å². The summed E-state index contributed by atoms with van der Waals surface area (Å²) in [5, 5.41) is 11.7. The Bertz CT molecular complexity index is 1210. The monoisotopic (exact) mass is 533 g/mol. The summed E-state index contributed by atoms with van der Waals surface area (Å²) in [4.78, 5) is 37.9. The van der Waals surface area contributed by atoms with Crippen LogP contribution in [0.25, 0.3) is 0 Å². The molecular formula is C25H31N3O8S. The molecule has 1 aliphatic heterocycles. The molecule has 2 aromatic carbocycles. The van der Waals surface area contributed by atoms with Crippen molar-refractivity contribution in [3.63, 3.8) is 0 Å². The summed E-state index contributed by atoms with van der Waals surface area (Å²) >= 11 is 0. The number of benzene rings is 2. The molecule has 0 saturated carbocycles. The first-order chi connectivity index (χ1) is 17.6. The highest BCUT2D eigenvalue weighted by Crippen LogP contribution is 2.24. The van der Waals surface area contributed by atoms with Gasteiger partial charge in [-0.15, -0.1) is 0 Å². The second-order valence-corrected chi connectivity index (χ2v) is 10.5. The molecule has 0 aromatic heterocycles. The third-order valence-electron chi connectivity index (χ3n) is 6.05. The van der Waals surface area contributed by atoms with E-state index in [9.17, 15) is 27.9 Å². The summed E-state index contributed by atoms with van der Waals surface area (Å²) in [5.74, 6) is -1.01. The number of nitrogens with one attached hydrogen (secondary N) is 1. The van der Waals surface area contributed by atoms with Crippen molar-refractivity contribution in [1.82, 2.24) is 14.5 Å². The Morgan fingerprint density at radius 3 is 2.32 bits per heavy atom.